The number of alkyl halides is 2. The van der Waals surface area contributed by atoms with Crippen molar-refractivity contribution in [3.8, 4) is 0 Å². The molecule has 0 amide bonds. The third-order valence-electron chi connectivity index (χ3n) is 5.93. The highest BCUT2D eigenvalue weighted by Gasteiger charge is 2.95. The summed E-state index contributed by atoms with van der Waals surface area (Å²) in [5, 5.41) is 0. The second kappa shape index (κ2) is 1.82. The molecule has 0 aromatic rings. The molecule has 2 bridgehead atoms. The summed E-state index contributed by atoms with van der Waals surface area (Å²) < 4.78 is -1.03. The van der Waals surface area contributed by atoms with Crippen LogP contribution < -0.4 is 0 Å². The Morgan fingerprint density at radius 1 is 0.933 bits per heavy atom. The Hall–Kier alpha value is 0.300. The second-order valence-corrected chi connectivity index (χ2v) is 8.32. The summed E-state index contributed by atoms with van der Waals surface area (Å²) in [5.74, 6) is 2.78. The lowest BCUT2D eigenvalue weighted by atomic mass is 9.59. The van der Waals surface area contributed by atoms with E-state index >= 15 is 0 Å². The van der Waals surface area contributed by atoms with Crippen molar-refractivity contribution in [2.45, 2.75) is 15.1 Å². The summed E-state index contributed by atoms with van der Waals surface area (Å²) in [6.45, 7) is 0. The van der Waals surface area contributed by atoms with Crippen LogP contribution in [0.2, 0.25) is 0 Å². The van der Waals surface area contributed by atoms with Gasteiger partial charge in [-0.3, -0.25) is 9.59 Å². The number of ketones is 2. The van der Waals surface area contributed by atoms with Gasteiger partial charge in [0.1, 0.15) is 8.65 Å². The van der Waals surface area contributed by atoms with Gasteiger partial charge in [-0.15, -0.1) is 0 Å². The average Bonchev–Trinajstić information content (AvgIpc) is 2.79. The van der Waals surface area contributed by atoms with Gasteiger partial charge in [-0.2, -0.15) is 0 Å². The first-order valence-corrected chi connectivity index (χ1v) is 7.09. The quantitative estimate of drug-likeness (QED) is 0.631. The molecule has 5 saturated carbocycles. The number of hydrogen-bond acceptors (Lipinski definition) is 2. The highest BCUT2D eigenvalue weighted by Crippen LogP contribution is 2.87. The molecule has 0 N–H and O–H groups in total. The number of carbonyl (C=O) groups is 2. The average molecular weight is 332 g/mol. The normalized spacial score (nSPS) is 75.9. The molecule has 5 aliphatic carbocycles. The summed E-state index contributed by atoms with van der Waals surface area (Å²) in [7, 11) is 0. The molecule has 5 fully saturated rings. The molecule has 78 valence electrons. The molecule has 15 heavy (non-hydrogen) atoms. The third kappa shape index (κ3) is 0.450. The van der Waals surface area contributed by atoms with E-state index in [1.54, 1.807) is 0 Å². The Labute approximate surface area is 103 Å². The fourth-order valence-electron chi connectivity index (χ4n) is 5.77. The zero-order valence-electron chi connectivity index (χ0n) is 7.74. The largest absolute Gasteiger partial charge is 0.298 e. The molecule has 0 radical (unpaired) electrons. The van der Waals surface area contributed by atoms with E-state index < -0.39 is 8.65 Å². The van der Waals surface area contributed by atoms with Crippen molar-refractivity contribution in [2.24, 2.45) is 35.5 Å². The molecule has 4 heteroatoms. The van der Waals surface area contributed by atoms with Crippen LogP contribution in [0.4, 0.5) is 0 Å². The molecule has 0 heterocycles. The van der Waals surface area contributed by atoms with Crippen molar-refractivity contribution in [1.29, 1.82) is 0 Å². The fraction of sp³-hybridized carbons (Fsp3) is 0.818. The highest BCUT2D eigenvalue weighted by molar-refractivity contribution is 9.13. The van der Waals surface area contributed by atoms with Gasteiger partial charge in [-0.25, -0.2) is 0 Å². The number of fused-ring (bicyclic) bond motifs is 2. The van der Waals surface area contributed by atoms with E-state index in [0.717, 1.165) is 6.42 Å². The maximum atomic E-state index is 12.3. The number of hydrogen-bond donors (Lipinski definition) is 0. The molecular weight excluding hydrogens is 324 g/mol. The zero-order valence-corrected chi connectivity index (χ0v) is 10.9. The van der Waals surface area contributed by atoms with Crippen molar-refractivity contribution in [3.05, 3.63) is 0 Å². The lowest BCUT2D eigenvalue weighted by molar-refractivity contribution is -0.139. The summed E-state index contributed by atoms with van der Waals surface area (Å²) in [5.41, 5.74) is 0. The number of carbonyl (C=O) groups excluding carboxylic acids is 2. The Morgan fingerprint density at radius 3 is 1.73 bits per heavy atom. The smallest absolute Gasteiger partial charge is 0.155 e. The number of halogens is 2. The van der Waals surface area contributed by atoms with Crippen LogP contribution in [0.15, 0.2) is 0 Å². The Balaban J connectivity index is 1.95. The first-order valence-electron chi connectivity index (χ1n) is 5.51. The fourth-order valence-corrected chi connectivity index (χ4v) is 8.47. The van der Waals surface area contributed by atoms with Crippen LogP contribution in [-0.2, 0) is 9.59 Å². The van der Waals surface area contributed by atoms with Gasteiger partial charge in [-0.1, -0.05) is 31.9 Å². The maximum Gasteiger partial charge on any atom is 0.155 e. The van der Waals surface area contributed by atoms with Crippen LogP contribution >= 0.6 is 31.9 Å². The molecule has 0 unspecified atom stereocenters. The first kappa shape index (κ1) is 8.40. The van der Waals surface area contributed by atoms with Crippen molar-refractivity contribution in [3.63, 3.8) is 0 Å². The van der Waals surface area contributed by atoms with Crippen LogP contribution in [0.3, 0.4) is 0 Å². The molecule has 8 atom stereocenters. The summed E-state index contributed by atoms with van der Waals surface area (Å²) >= 11 is 7.26. The molecule has 0 spiro atoms. The van der Waals surface area contributed by atoms with Crippen molar-refractivity contribution in [2.75, 3.05) is 0 Å². The van der Waals surface area contributed by atoms with Crippen LogP contribution in [0.5, 0.6) is 0 Å². The van der Waals surface area contributed by atoms with Crippen LogP contribution in [0, 0.1) is 35.5 Å². The van der Waals surface area contributed by atoms with E-state index in [1.807, 2.05) is 0 Å². The van der Waals surface area contributed by atoms with E-state index in [0.29, 0.717) is 35.2 Å². The third-order valence-corrected chi connectivity index (χ3v) is 9.56. The second-order valence-electron chi connectivity index (χ2n) is 5.82. The van der Waals surface area contributed by atoms with Gasteiger partial charge < -0.3 is 0 Å². The van der Waals surface area contributed by atoms with Gasteiger partial charge in [0, 0.05) is 11.8 Å². The Kier molecular flexibility index (Phi) is 1.02. The molecular formula is C11H8Br2O2. The maximum absolute atomic E-state index is 12.3. The van der Waals surface area contributed by atoms with E-state index in [9.17, 15) is 9.59 Å². The van der Waals surface area contributed by atoms with Gasteiger partial charge in [0.05, 0.1) is 0 Å². The monoisotopic (exact) mass is 330 g/mol. The predicted molar refractivity (Wildman–Crippen MR) is 58.9 cm³/mol. The minimum atomic E-state index is -0.515. The highest BCUT2D eigenvalue weighted by atomic mass is 79.9. The lowest BCUT2D eigenvalue weighted by Crippen LogP contribution is -2.71. The van der Waals surface area contributed by atoms with Gasteiger partial charge >= 0.3 is 0 Å². The SMILES string of the molecule is O=C1[C@@H]2[C@H]3C[C@H]4[C@@H]2C(=O)[C@]2(Br)[C@@H]4[C@@H]3[C@]12Br. The van der Waals surface area contributed by atoms with Crippen LogP contribution in [0.25, 0.3) is 0 Å². The van der Waals surface area contributed by atoms with E-state index in [-0.39, 0.29) is 11.8 Å². The van der Waals surface area contributed by atoms with Gasteiger partial charge in [0.25, 0.3) is 0 Å². The minimum Gasteiger partial charge on any atom is -0.298 e. The van der Waals surface area contributed by atoms with Gasteiger partial charge in [-0.05, 0) is 30.1 Å². The topological polar surface area (TPSA) is 34.1 Å². The molecule has 0 saturated heterocycles. The molecule has 0 aliphatic heterocycles. The van der Waals surface area contributed by atoms with Crippen LogP contribution in [0.1, 0.15) is 6.42 Å². The summed E-state index contributed by atoms with van der Waals surface area (Å²) in [6, 6.07) is 0. The molecule has 5 aliphatic rings. The van der Waals surface area contributed by atoms with Crippen LogP contribution in [-0.4, -0.2) is 20.2 Å². The molecule has 5 rings (SSSR count). The predicted octanol–water partition coefficient (Wildman–Crippen LogP) is 1.55. The first-order chi connectivity index (χ1) is 7.04. The summed E-state index contributed by atoms with van der Waals surface area (Å²) in [4.78, 5) is 24.7. The van der Waals surface area contributed by atoms with Gasteiger partial charge in [0.2, 0.25) is 0 Å². The van der Waals surface area contributed by atoms with Crippen molar-refractivity contribution < 1.29 is 9.59 Å². The number of rotatable bonds is 0. The molecule has 0 aromatic carbocycles. The minimum absolute atomic E-state index is 0.0799. The zero-order chi connectivity index (χ0) is 10.3. The van der Waals surface area contributed by atoms with Crippen molar-refractivity contribution in [1.82, 2.24) is 0 Å². The Morgan fingerprint density at radius 2 is 1.33 bits per heavy atom. The van der Waals surface area contributed by atoms with Gasteiger partial charge in [0.15, 0.2) is 11.6 Å². The molecule has 2 nitrogen and oxygen atoms in total. The van der Waals surface area contributed by atoms with E-state index in [2.05, 4.69) is 31.9 Å². The number of Topliss-reactive ketones (excluding diaryl/α,β-unsaturated/α-hetero) is 2. The standard InChI is InChI=1S/C11H8Br2O2/c12-10-6-2-1-3-5(4(2)8(10)14)9(15)11(10,13)7(3)6/h2-7H,1H2/t2-,3+,4-,5+,6-,7+,10+,11-. The lowest BCUT2D eigenvalue weighted by Gasteiger charge is -2.56. The van der Waals surface area contributed by atoms with E-state index in [4.69, 9.17) is 0 Å². The summed E-state index contributed by atoms with van der Waals surface area (Å²) in [6.07, 6.45) is 1.13. The Bertz CT molecular complexity index is 433. The van der Waals surface area contributed by atoms with Crippen molar-refractivity contribution >= 4 is 43.4 Å². The molecule has 0 aromatic heterocycles. The van der Waals surface area contributed by atoms with E-state index in [1.165, 1.54) is 0 Å².